The molecule has 0 fully saturated rings. The molecular weight excluding hydrogens is 365 g/mol. The molecule has 1 N–H and O–H groups in total. The zero-order valence-corrected chi connectivity index (χ0v) is 12.7. The average Bonchev–Trinajstić information content (AvgIpc) is 2.72. The van der Waals surface area contributed by atoms with Crippen LogP contribution in [0, 0.1) is 3.77 Å². The van der Waals surface area contributed by atoms with Crippen LogP contribution >= 0.6 is 22.6 Å². The van der Waals surface area contributed by atoms with E-state index >= 15 is 0 Å². The molecule has 4 nitrogen and oxygen atoms in total. The van der Waals surface area contributed by atoms with Crippen LogP contribution in [0.5, 0.6) is 0 Å². The second-order valence-electron chi connectivity index (χ2n) is 3.86. The summed E-state index contributed by atoms with van der Waals surface area (Å²) < 4.78 is 29.1. The Labute approximate surface area is 119 Å². The third-order valence-corrected chi connectivity index (χ3v) is 4.05. The Kier molecular flexibility index (Phi) is 3.96. The number of hydrogen-bond donors (Lipinski definition) is 1. The molecular formula is C12H12INO3S. The van der Waals surface area contributed by atoms with Gasteiger partial charge in [-0.15, -0.1) is 0 Å². The summed E-state index contributed by atoms with van der Waals surface area (Å²) in [5.41, 5.74) is 0.754. The predicted octanol–water partition coefficient (Wildman–Crippen LogP) is 2.90. The van der Waals surface area contributed by atoms with Crippen molar-refractivity contribution in [3.05, 3.63) is 45.9 Å². The van der Waals surface area contributed by atoms with Gasteiger partial charge in [-0.25, -0.2) is 8.42 Å². The fraction of sp³-hybridized carbons (Fsp3) is 0.167. The lowest BCUT2D eigenvalue weighted by molar-refractivity contribution is 0.493. The number of rotatable bonds is 4. The van der Waals surface area contributed by atoms with Crippen molar-refractivity contribution < 1.29 is 12.8 Å². The van der Waals surface area contributed by atoms with Crippen molar-refractivity contribution in [2.75, 3.05) is 11.6 Å². The zero-order chi connectivity index (χ0) is 13.2. The summed E-state index contributed by atoms with van der Waals surface area (Å²) >= 11 is 2.10. The topological polar surface area (TPSA) is 59.3 Å². The summed E-state index contributed by atoms with van der Waals surface area (Å²) in [6.07, 6.45) is 1.20. The highest BCUT2D eigenvalue weighted by Gasteiger charge is 2.07. The third-order valence-electron chi connectivity index (χ3n) is 2.36. The Hall–Kier alpha value is -1.02. The third kappa shape index (κ3) is 3.49. The molecule has 0 aliphatic heterocycles. The first-order valence-corrected chi connectivity index (χ1v) is 8.20. The monoisotopic (exact) mass is 377 g/mol. The van der Waals surface area contributed by atoms with E-state index in [-0.39, 0.29) is 0 Å². The minimum absolute atomic E-state index is 0.307. The number of anilines is 1. The van der Waals surface area contributed by atoms with Gasteiger partial charge in [-0.1, -0.05) is 6.07 Å². The van der Waals surface area contributed by atoms with Crippen LogP contribution in [0.15, 0.2) is 45.7 Å². The molecule has 0 atom stereocenters. The molecule has 0 radical (unpaired) electrons. The first-order chi connectivity index (χ1) is 8.45. The Morgan fingerprint density at radius 2 is 2.06 bits per heavy atom. The lowest BCUT2D eigenvalue weighted by atomic mass is 10.3. The van der Waals surface area contributed by atoms with Crippen molar-refractivity contribution in [2.24, 2.45) is 0 Å². The fourth-order valence-electron chi connectivity index (χ4n) is 1.47. The summed E-state index contributed by atoms with van der Waals surface area (Å²) in [5, 5.41) is 3.13. The van der Waals surface area contributed by atoms with Gasteiger partial charge in [-0.2, -0.15) is 0 Å². The molecule has 2 aromatic rings. The van der Waals surface area contributed by atoms with E-state index < -0.39 is 9.84 Å². The molecule has 0 saturated heterocycles. The molecule has 18 heavy (non-hydrogen) atoms. The summed E-state index contributed by atoms with van der Waals surface area (Å²) in [6.45, 7) is 0.524. The molecule has 0 aliphatic rings. The van der Waals surface area contributed by atoms with E-state index in [0.29, 0.717) is 11.4 Å². The van der Waals surface area contributed by atoms with Crippen molar-refractivity contribution in [3.63, 3.8) is 0 Å². The second kappa shape index (κ2) is 5.31. The van der Waals surface area contributed by atoms with Crippen molar-refractivity contribution in [1.82, 2.24) is 0 Å². The van der Waals surface area contributed by atoms with Crippen molar-refractivity contribution >= 4 is 38.1 Å². The van der Waals surface area contributed by atoms with Gasteiger partial charge in [0.05, 0.1) is 11.4 Å². The van der Waals surface area contributed by atoms with Crippen LogP contribution in [-0.4, -0.2) is 14.7 Å². The van der Waals surface area contributed by atoms with Gasteiger partial charge < -0.3 is 9.73 Å². The van der Waals surface area contributed by atoms with E-state index in [4.69, 9.17) is 4.42 Å². The lowest BCUT2D eigenvalue weighted by Gasteiger charge is -2.06. The van der Waals surface area contributed by atoms with Gasteiger partial charge in [0.2, 0.25) is 0 Å². The molecule has 0 bridgehead atoms. The molecule has 96 valence electrons. The number of halogens is 1. The zero-order valence-electron chi connectivity index (χ0n) is 9.68. The van der Waals surface area contributed by atoms with Crippen LogP contribution in [0.25, 0.3) is 0 Å². The number of benzene rings is 1. The van der Waals surface area contributed by atoms with Gasteiger partial charge in [0.15, 0.2) is 13.6 Å². The predicted molar refractivity (Wildman–Crippen MR) is 78.3 cm³/mol. The van der Waals surface area contributed by atoms with Crippen LogP contribution in [0.2, 0.25) is 0 Å². The molecule has 2 rings (SSSR count). The Morgan fingerprint density at radius 3 is 2.67 bits per heavy atom. The summed E-state index contributed by atoms with van der Waals surface area (Å²) in [6, 6.07) is 10.5. The smallest absolute Gasteiger partial charge is 0.175 e. The van der Waals surface area contributed by atoms with Crippen LogP contribution in [0.3, 0.4) is 0 Å². The fourth-order valence-corrected chi connectivity index (χ4v) is 2.60. The highest BCUT2D eigenvalue weighted by molar-refractivity contribution is 14.1. The van der Waals surface area contributed by atoms with E-state index in [1.54, 1.807) is 18.2 Å². The van der Waals surface area contributed by atoms with Gasteiger partial charge >= 0.3 is 0 Å². The normalized spacial score (nSPS) is 11.4. The number of hydrogen-bond acceptors (Lipinski definition) is 4. The van der Waals surface area contributed by atoms with Crippen molar-refractivity contribution in [3.8, 4) is 0 Å². The van der Waals surface area contributed by atoms with E-state index in [9.17, 15) is 8.42 Å². The maximum absolute atomic E-state index is 11.4. The molecule has 0 amide bonds. The Bertz CT molecular complexity index is 649. The molecule has 0 saturated carbocycles. The van der Waals surface area contributed by atoms with Crippen molar-refractivity contribution in [2.45, 2.75) is 11.4 Å². The second-order valence-corrected chi connectivity index (χ2v) is 6.94. The summed E-state index contributed by atoms with van der Waals surface area (Å²) in [5.74, 6) is 0.809. The quantitative estimate of drug-likeness (QED) is 0.833. The first kappa shape index (κ1) is 13.4. The standard InChI is InChI=1S/C12H12INO3S/c1-18(15,16)11-4-2-3-9(7-11)14-8-10-5-6-12(13)17-10/h2-7,14H,8H2,1H3. The molecule has 0 spiro atoms. The van der Waals surface area contributed by atoms with Gasteiger partial charge in [0.1, 0.15) is 5.76 Å². The van der Waals surface area contributed by atoms with Gasteiger partial charge in [-0.3, -0.25) is 0 Å². The first-order valence-electron chi connectivity index (χ1n) is 5.23. The highest BCUT2D eigenvalue weighted by atomic mass is 127. The molecule has 6 heteroatoms. The minimum Gasteiger partial charge on any atom is -0.454 e. The average molecular weight is 377 g/mol. The van der Waals surface area contributed by atoms with Gasteiger partial charge in [0, 0.05) is 11.9 Å². The lowest BCUT2D eigenvalue weighted by Crippen LogP contribution is -2.01. The van der Waals surface area contributed by atoms with Crippen LogP contribution < -0.4 is 5.32 Å². The Balaban J connectivity index is 2.11. The van der Waals surface area contributed by atoms with E-state index in [0.717, 1.165) is 15.2 Å². The van der Waals surface area contributed by atoms with E-state index in [2.05, 4.69) is 27.9 Å². The molecule has 0 aliphatic carbocycles. The molecule has 0 unspecified atom stereocenters. The number of nitrogens with one attached hydrogen (secondary N) is 1. The van der Waals surface area contributed by atoms with E-state index in [1.165, 1.54) is 6.26 Å². The van der Waals surface area contributed by atoms with Gasteiger partial charge in [-0.05, 0) is 52.9 Å². The summed E-state index contributed by atoms with van der Waals surface area (Å²) in [7, 11) is -3.17. The maximum Gasteiger partial charge on any atom is 0.175 e. The number of furan rings is 1. The largest absolute Gasteiger partial charge is 0.454 e. The van der Waals surface area contributed by atoms with Crippen molar-refractivity contribution in [1.29, 1.82) is 0 Å². The van der Waals surface area contributed by atoms with Crippen LogP contribution in [0.1, 0.15) is 5.76 Å². The molecule has 1 heterocycles. The SMILES string of the molecule is CS(=O)(=O)c1cccc(NCc2ccc(I)o2)c1. The number of sulfone groups is 1. The molecule has 1 aromatic heterocycles. The van der Waals surface area contributed by atoms with E-state index in [1.807, 2.05) is 18.2 Å². The molecule has 1 aromatic carbocycles. The maximum atomic E-state index is 11.4. The Morgan fingerprint density at radius 1 is 1.28 bits per heavy atom. The van der Waals surface area contributed by atoms with Crippen LogP contribution in [-0.2, 0) is 16.4 Å². The van der Waals surface area contributed by atoms with Crippen LogP contribution in [0.4, 0.5) is 5.69 Å². The van der Waals surface area contributed by atoms with Gasteiger partial charge in [0.25, 0.3) is 0 Å². The minimum atomic E-state index is -3.17. The summed E-state index contributed by atoms with van der Waals surface area (Å²) in [4.78, 5) is 0.307. The highest BCUT2D eigenvalue weighted by Crippen LogP contribution is 2.17.